The molecule has 0 N–H and O–H groups in total. The zero-order valence-corrected chi connectivity index (χ0v) is 12.0. The first-order chi connectivity index (χ1) is 9.82. The van der Waals surface area contributed by atoms with Crippen LogP contribution in [-0.4, -0.2) is 16.9 Å². The first kappa shape index (κ1) is 15.0. The summed E-state index contributed by atoms with van der Waals surface area (Å²) >= 11 is 5.80. The van der Waals surface area contributed by atoms with Crippen molar-refractivity contribution in [3.8, 4) is 11.1 Å². The van der Waals surface area contributed by atoms with Crippen LogP contribution in [-0.2, 0) is 0 Å². The summed E-state index contributed by atoms with van der Waals surface area (Å²) in [6, 6.07) is 6.16. The van der Waals surface area contributed by atoms with Crippen LogP contribution < -0.4 is 10.2 Å². The van der Waals surface area contributed by atoms with E-state index in [-0.39, 0.29) is 28.1 Å². The van der Waals surface area contributed by atoms with E-state index in [9.17, 15) is 19.8 Å². The maximum Gasteiger partial charge on any atom is 0.0740 e. The summed E-state index contributed by atoms with van der Waals surface area (Å²) in [5.41, 5.74) is 0.261. The van der Waals surface area contributed by atoms with Crippen LogP contribution in [0.2, 0.25) is 5.02 Å². The third kappa shape index (κ3) is 2.73. The fourth-order valence-corrected chi connectivity index (χ4v) is 2.38. The van der Waals surface area contributed by atoms with E-state index in [0.717, 1.165) is 0 Å². The summed E-state index contributed by atoms with van der Waals surface area (Å²) < 4.78 is 0. The lowest BCUT2D eigenvalue weighted by Crippen LogP contribution is -2.29. The Morgan fingerprint density at radius 1 is 0.952 bits per heavy atom. The van der Waals surface area contributed by atoms with Crippen LogP contribution in [0.1, 0.15) is 32.1 Å². The van der Waals surface area contributed by atoms with Crippen LogP contribution in [0.4, 0.5) is 0 Å². The van der Waals surface area contributed by atoms with Gasteiger partial charge in [-0.05, 0) is 31.5 Å². The van der Waals surface area contributed by atoms with E-state index in [1.165, 1.54) is 26.0 Å². The number of aryl methyl sites for hydroxylation is 2. The predicted octanol–water partition coefficient (Wildman–Crippen LogP) is 0.746. The molecule has 2 rings (SSSR count). The highest BCUT2D eigenvalue weighted by atomic mass is 35.5. The minimum absolute atomic E-state index is 0.0247. The van der Waals surface area contributed by atoms with Crippen molar-refractivity contribution in [1.82, 2.24) is 4.98 Å². The molecule has 0 aliphatic heterocycles. The number of carboxylic acids is 2. The third-order valence-corrected chi connectivity index (χ3v) is 3.35. The van der Waals surface area contributed by atoms with Gasteiger partial charge < -0.3 is 19.8 Å². The van der Waals surface area contributed by atoms with Crippen molar-refractivity contribution < 1.29 is 19.8 Å². The van der Waals surface area contributed by atoms with Gasteiger partial charge in [0.1, 0.15) is 0 Å². The van der Waals surface area contributed by atoms with Gasteiger partial charge >= 0.3 is 0 Å². The van der Waals surface area contributed by atoms with E-state index in [4.69, 9.17) is 11.6 Å². The SMILES string of the molecule is Cc1nc(C)c(C(=O)[O-])c(-c2ccc(Cl)cc2)c1C(=O)[O-]. The van der Waals surface area contributed by atoms with Gasteiger partial charge in [0.25, 0.3) is 0 Å². The maximum atomic E-state index is 11.4. The summed E-state index contributed by atoms with van der Waals surface area (Å²) in [5, 5.41) is 23.2. The number of aromatic nitrogens is 1. The smallest absolute Gasteiger partial charge is 0.0740 e. The third-order valence-electron chi connectivity index (χ3n) is 3.10. The topological polar surface area (TPSA) is 93.2 Å². The molecular weight excluding hydrogens is 294 g/mol. The molecule has 0 fully saturated rings. The quantitative estimate of drug-likeness (QED) is 0.834. The molecule has 0 unspecified atom stereocenters. The average Bonchev–Trinajstić information content (AvgIpc) is 2.37. The summed E-state index contributed by atoms with van der Waals surface area (Å²) in [4.78, 5) is 26.7. The Morgan fingerprint density at radius 3 is 1.76 bits per heavy atom. The van der Waals surface area contributed by atoms with Gasteiger partial charge in [-0.1, -0.05) is 23.7 Å². The Balaban J connectivity index is 2.91. The molecule has 108 valence electrons. The van der Waals surface area contributed by atoms with Crippen LogP contribution in [0.15, 0.2) is 24.3 Å². The van der Waals surface area contributed by atoms with Crippen molar-refractivity contribution in [2.45, 2.75) is 13.8 Å². The molecule has 1 aromatic carbocycles. The zero-order valence-electron chi connectivity index (χ0n) is 11.3. The number of pyridine rings is 1. The number of carbonyl (C=O) groups excluding carboxylic acids is 2. The number of benzene rings is 1. The van der Waals surface area contributed by atoms with Crippen LogP contribution in [0, 0.1) is 13.8 Å². The second kappa shape index (κ2) is 5.54. The molecule has 1 aromatic heterocycles. The molecule has 21 heavy (non-hydrogen) atoms. The van der Waals surface area contributed by atoms with E-state index < -0.39 is 11.9 Å². The highest BCUT2D eigenvalue weighted by molar-refractivity contribution is 6.30. The van der Waals surface area contributed by atoms with Crippen molar-refractivity contribution in [1.29, 1.82) is 0 Å². The average molecular weight is 304 g/mol. The van der Waals surface area contributed by atoms with Gasteiger partial charge in [-0.15, -0.1) is 0 Å². The van der Waals surface area contributed by atoms with Gasteiger partial charge in [0, 0.05) is 33.1 Å². The lowest BCUT2D eigenvalue weighted by Gasteiger charge is -2.20. The van der Waals surface area contributed by atoms with Gasteiger partial charge in [-0.2, -0.15) is 0 Å². The molecule has 5 nitrogen and oxygen atoms in total. The summed E-state index contributed by atoms with van der Waals surface area (Å²) in [7, 11) is 0. The van der Waals surface area contributed by atoms with Crippen molar-refractivity contribution in [2.24, 2.45) is 0 Å². The maximum absolute atomic E-state index is 11.4. The molecule has 0 saturated carbocycles. The van der Waals surface area contributed by atoms with Crippen LogP contribution >= 0.6 is 11.6 Å². The van der Waals surface area contributed by atoms with Gasteiger partial charge in [0.05, 0.1) is 11.9 Å². The number of hydrogen-bond acceptors (Lipinski definition) is 5. The molecule has 0 aliphatic carbocycles. The van der Waals surface area contributed by atoms with Gasteiger partial charge in [0.2, 0.25) is 0 Å². The number of rotatable bonds is 3. The van der Waals surface area contributed by atoms with Crippen LogP contribution in [0.5, 0.6) is 0 Å². The molecule has 0 spiro atoms. The number of halogens is 1. The molecule has 0 atom stereocenters. The number of nitrogens with zero attached hydrogens (tertiary/aromatic N) is 1. The van der Waals surface area contributed by atoms with Crippen LogP contribution in [0.3, 0.4) is 0 Å². The molecule has 0 saturated heterocycles. The van der Waals surface area contributed by atoms with Crippen molar-refractivity contribution >= 4 is 23.5 Å². The van der Waals surface area contributed by atoms with Crippen LogP contribution in [0.25, 0.3) is 11.1 Å². The van der Waals surface area contributed by atoms with E-state index >= 15 is 0 Å². The lowest BCUT2D eigenvalue weighted by atomic mass is 9.92. The largest absolute Gasteiger partial charge is 0.545 e. The van der Waals surface area contributed by atoms with Crippen molar-refractivity contribution in [2.75, 3.05) is 0 Å². The molecule has 2 aromatic rings. The molecule has 0 bridgehead atoms. The van der Waals surface area contributed by atoms with E-state index in [0.29, 0.717) is 10.6 Å². The number of hydrogen-bond donors (Lipinski definition) is 0. The second-order valence-corrected chi connectivity index (χ2v) is 4.93. The first-order valence-corrected chi connectivity index (χ1v) is 6.40. The van der Waals surface area contributed by atoms with Gasteiger partial charge in [-0.3, -0.25) is 4.98 Å². The Labute approximate surface area is 125 Å². The summed E-state index contributed by atoms with van der Waals surface area (Å²) in [6.45, 7) is 2.97. The van der Waals surface area contributed by atoms with E-state index in [1.807, 2.05) is 0 Å². The normalized spacial score (nSPS) is 10.4. The standard InChI is InChI=1S/C15H12ClNO4/c1-7-11(14(18)19)13(9-3-5-10(16)6-4-9)12(15(20)21)8(2)17-7/h3-6H,1-2H3,(H,18,19)(H,20,21)/p-2. The minimum atomic E-state index is -1.49. The summed E-state index contributed by atoms with van der Waals surface area (Å²) in [6.07, 6.45) is 0. The highest BCUT2D eigenvalue weighted by Crippen LogP contribution is 2.31. The molecule has 0 amide bonds. The molecule has 6 heteroatoms. The van der Waals surface area contributed by atoms with Crippen molar-refractivity contribution in [3.05, 3.63) is 51.8 Å². The van der Waals surface area contributed by atoms with E-state index in [2.05, 4.69) is 4.98 Å². The van der Waals surface area contributed by atoms with Crippen molar-refractivity contribution in [3.63, 3.8) is 0 Å². The monoisotopic (exact) mass is 303 g/mol. The Bertz CT molecular complexity index is 700. The first-order valence-electron chi connectivity index (χ1n) is 6.02. The zero-order chi connectivity index (χ0) is 15.7. The van der Waals surface area contributed by atoms with E-state index in [1.54, 1.807) is 12.1 Å². The minimum Gasteiger partial charge on any atom is -0.545 e. The number of carboxylic acid groups (broad SMARTS) is 2. The lowest BCUT2D eigenvalue weighted by molar-refractivity contribution is -0.255. The number of aromatic carboxylic acids is 2. The molecule has 1 heterocycles. The Hall–Kier alpha value is -2.40. The Kier molecular flexibility index (Phi) is 3.95. The van der Waals surface area contributed by atoms with Gasteiger partial charge in [-0.25, -0.2) is 0 Å². The Morgan fingerprint density at radius 2 is 1.38 bits per heavy atom. The fourth-order valence-electron chi connectivity index (χ4n) is 2.25. The number of carbonyl (C=O) groups is 2. The predicted molar refractivity (Wildman–Crippen MR) is 72.8 cm³/mol. The second-order valence-electron chi connectivity index (χ2n) is 4.49. The highest BCUT2D eigenvalue weighted by Gasteiger charge is 2.18. The molecule has 0 radical (unpaired) electrons. The van der Waals surface area contributed by atoms with Gasteiger partial charge in [0.15, 0.2) is 0 Å². The fraction of sp³-hybridized carbons (Fsp3) is 0.133. The summed E-state index contributed by atoms with van der Waals surface area (Å²) in [5.74, 6) is -2.99. The molecular formula is C15H10ClNO4-2. The molecule has 0 aliphatic rings.